The van der Waals surface area contributed by atoms with E-state index in [1.54, 1.807) is 0 Å². The number of hydrogen-bond acceptors (Lipinski definition) is 1. The molecule has 0 aliphatic carbocycles. The molecule has 0 amide bonds. The van der Waals surface area contributed by atoms with Gasteiger partial charge in [-0.25, -0.2) is 0 Å². The molecule has 1 aromatic rings. The van der Waals surface area contributed by atoms with Crippen LogP contribution in [0.3, 0.4) is 0 Å². The molecule has 0 bridgehead atoms. The van der Waals surface area contributed by atoms with Gasteiger partial charge in [-0.05, 0) is 36.6 Å². The molecule has 0 fully saturated rings. The Morgan fingerprint density at radius 2 is 1.43 bits per heavy atom. The lowest BCUT2D eigenvalue weighted by Gasteiger charge is -2.16. The third-order valence-electron chi connectivity index (χ3n) is 3.01. The van der Waals surface area contributed by atoms with Crippen LogP contribution in [0.25, 0.3) is 0 Å². The molecular formula is C14H16F6O. The fourth-order valence-corrected chi connectivity index (χ4v) is 1.95. The second kappa shape index (κ2) is 6.68. The molecule has 0 heterocycles. The number of alkyl halides is 6. The second-order valence-electron chi connectivity index (χ2n) is 4.91. The highest BCUT2D eigenvalue weighted by atomic mass is 19.4. The first-order valence-electron chi connectivity index (χ1n) is 6.50. The number of benzene rings is 1. The Morgan fingerprint density at radius 3 is 1.81 bits per heavy atom. The predicted octanol–water partition coefficient (Wildman–Crippen LogP) is 4.82. The van der Waals surface area contributed by atoms with Gasteiger partial charge in [-0.1, -0.05) is 19.8 Å². The van der Waals surface area contributed by atoms with Crippen LogP contribution in [-0.4, -0.2) is 11.2 Å². The lowest BCUT2D eigenvalue weighted by Crippen LogP contribution is -2.15. The number of rotatable bonds is 5. The summed E-state index contributed by atoms with van der Waals surface area (Å²) in [5.74, 6) is 0. The molecule has 1 nitrogen and oxygen atoms in total. The van der Waals surface area contributed by atoms with E-state index in [1.807, 2.05) is 6.92 Å². The summed E-state index contributed by atoms with van der Waals surface area (Å²) in [6, 6.07) is 1.40. The van der Waals surface area contributed by atoms with Crippen LogP contribution in [0.5, 0.6) is 0 Å². The van der Waals surface area contributed by atoms with Gasteiger partial charge in [-0.2, -0.15) is 26.3 Å². The van der Waals surface area contributed by atoms with Crippen molar-refractivity contribution < 1.29 is 31.4 Å². The molecule has 21 heavy (non-hydrogen) atoms. The quantitative estimate of drug-likeness (QED) is 0.773. The van der Waals surface area contributed by atoms with Crippen molar-refractivity contribution in [2.75, 3.05) is 0 Å². The molecule has 1 unspecified atom stereocenters. The number of aliphatic hydroxyl groups is 1. The van der Waals surface area contributed by atoms with Crippen LogP contribution >= 0.6 is 0 Å². The summed E-state index contributed by atoms with van der Waals surface area (Å²) < 4.78 is 75.9. The monoisotopic (exact) mass is 314 g/mol. The van der Waals surface area contributed by atoms with Crippen molar-refractivity contribution in [3.05, 3.63) is 34.9 Å². The van der Waals surface area contributed by atoms with Gasteiger partial charge in [-0.3, -0.25) is 0 Å². The first kappa shape index (κ1) is 17.8. The Hall–Kier alpha value is -1.24. The summed E-state index contributed by atoms with van der Waals surface area (Å²) >= 11 is 0. The molecule has 0 aliphatic rings. The van der Waals surface area contributed by atoms with Crippen molar-refractivity contribution in [3.63, 3.8) is 0 Å². The van der Waals surface area contributed by atoms with Crippen molar-refractivity contribution in [1.82, 2.24) is 0 Å². The second-order valence-corrected chi connectivity index (χ2v) is 4.91. The molecule has 1 rings (SSSR count). The normalized spacial score (nSPS) is 14.3. The highest BCUT2D eigenvalue weighted by Crippen LogP contribution is 2.36. The van der Waals surface area contributed by atoms with Crippen molar-refractivity contribution in [3.8, 4) is 0 Å². The van der Waals surface area contributed by atoms with Gasteiger partial charge in [-0.15, -0.1) is 0 Å². The maximum absolute atomic E-state index is 12.6. The minimum Gasteiger partial charge on any atom is -0.393 e. The van der Waals surface area contributed by atoms with Crippen LogP contribution < -0.4 is 0 Å². The SMILES string of the molecule is CCCCC(O)Cc1cc(C(F)(F)F)cc(C(F)(F)F)c1. The van der Waals surface area contributed by atoms with E-state index in [0.29, 0.717) is 25.0 Å². The van der Waals surface area contributed by atoms with Crippen molar-refractivity contribution in [2.24, 2.45) is 0 Å². The third kappa shape index (κ3) is 5.57. The Kier molecular flexibility index (Phi) is 5.67. The summed E-state index contributed by atoms with van der Waals surface area (Å²) in [5, 5.41) is 9.66. The number of aliphatic hydroxyl groups excluding tert-OH is 1. The fraction of sp³-hybridized carbons (Fsp3) is 0.571. The lowest BCUT2D eigenvalue weighted by molar-refractivity contribution is -0.143. The van der Waals surface area contributed by atoms with E-state index in [0.717, 1.165) is 6.42 Å². The molecule has 0 aromatic heterocycles. The Labute approximate surface area is 118 Å². The van der Waals surface area contributed by atoms with E-state index in [2.05, 4.69) is 0 Å². The molecule has 1 aromatic carbocycles. The zero-order valence-corrected chi connectivity index (χ0v) is 11.4. The van der Waals surface area contributed by atoms with Gasteiger partial charge >= 0.3 is 12.4 Å². The molecule has 0 saturated carbocycles. The summed E-state index contributed by atoms with van der Waals surface area (Å²) in [6.07, 6.45) is -9.11. The van der Waals surface area contributed by atoms with Crippen LogP contribution in [0.4, 0.5) is 26.3 Å². The zero-order valence-electron chi connectivity index (χ0n) is 11.4. The highest BCUT2D eigenvalue weighted by Gasteiger charge is 2.36. The standard InChI is InChI=1S/C14H16F6O/c1-2-3-4-12(21)7-9-5-10(13(15,16)17)8-11(6-9)14(18,19)20/h5-6,8,12,21H,2-4,7H2,1H3. The van der Waals surface area contributed by atoms with Gasteiger partial charge in [0.25, 0.3) is 0 Å². The molecule has 0 radical (unpaired) electrons. The first-order chi connectivity index (χ1) is 9.54. The molecule has 0 saturated heterocycles. The van der Waals surface area contributed by atoms with Gasteiger partial charge in [0, 0.05) is 0 Å². The van der Waals surface area contributed by atoms with E-state index in [-0.39, 0.29) is 18.1 Å². The van der Waals surface area contributed by atoms with Crippen LogP contribution in [0.1, 0.15) is 42.9 Å². The first-order valence-corrected chi connectivity index (χ1v) is 6.50. The molecule has 7 heteroatoms. The lowest BCUT2D eigenvalue weighted by atomic mass is 9.98. The molecule has 1 N–H and O–H groups in total. The molecule has 0 spiro atoms. The Balaban J connectivity index is 3.08. The van der Waals surface area contributed by atoms with Crippen LogP contribution in [0.2, 0.25) is 0 Å². The van der Waals surface area contributed by atoms with E-state index < -0.39 is 29.6 Å². The summed E-state index contributed by atoms with van der Waals surface area (Å²) in [5.41, 5.74) is -2.87. The summed E-state index contributed by atoms with van der Waals surface area (Å²) in [6.45, 7) is 1.87. The summed E-state index contributed by atoms with van der Waals surface area (Å²) in [4.78, 5) is 0. The van der Waals surface area contributed by atoms with Crippen molar-refractivity contribution in [2.45, 2.75) is 51.1 Å². The van der Waals surface area contributed by atoms with Crippen LogP contribution in [0, 0.1) is 0 Å². The van der Waals surface area contributed by atoms with E-state index in [9.17, 15) is 31.4 Å². The summed E-state index contributed by atoms with van der Waals surface area (Å²) in [7, 11) is 0. The van der Waals surface area contributed by atoms with Gasteiger partial charge in [0.1, 0.15) is 0 Å². The van der Waals surface area contributed by atoms with Gasteiger partial charge in [0.15, 0.2) is 0 Å². The van der Waals surface area contributed by atoms with Gasteiger partial charge in [0.2, 0.25) is 0 Å². The van der Waals surface area contributed by atoms with Crippen LogP contribution in [-0.2, 0) is 18.8 Å². The molecule has 0 aliphatic heterocycles. The minimum atomic E-state index is -4.86. The average molecular weight is 314 g/mol. The minimum absolute atomic E-state index is 0.0852. The topological polar surface area (TPSA) is 20.2 Å². The number of hydrogen-bond donors (Lipinski definition) is 1. The molecule has 120 valence electrons. The maximum atomic E-state index is 12.6. The van der Waals surface area contributed by atoms with E-state index in [4.69, 9.17) is 0 Å². The average Bonchev–Trinajstić information content (AvgIpc) is 2.34. The van der Waals surface area contributed by atoms with E-state index in [1.165, 1.54) is 0 Å². The maximum Gasteiger partial charge on any atom is 0.416 e. The van der Waals surface area contributed by atoms with Gasteiger partial charge in [0.05, 0.1) is 17.2 Å². The predicted molar refractivity (Wildman–Crippen MR) is 65.7 cm³/mol. The molecule has 1 atom stereocenters. The zero-order chi connectivity index (χ0) is 16.3. The van der Waals surface area contributed by atoms with Crippen molar-refractivity contribution >= 4 is 0 Å². The number of halogens is 6. The Morgan fingerprint density at radius 1 is 0.952 bits per heavy atom. The smallest absolute Gasteiger partial charge is 0.393 e. The number of unbranched alkanes of at least 4 members (excludes halogenated alkanes) is 1. The third-order valence-corrected chi connectivity index (χ3v) is 3.01. The van der Waals surface area contributed by atoms with Gasteiger partial charge < -0.3 is 5.11 Å². The fourth-order valence-electron chi connectivity index (χ4n) is 1.95. The largest absolute Gasteiger partial charge is 0.416 e. The van der Waals surface area contributed by atoms with E-state index >= 15 is 0 Å². The molecular weight excluding hydrogens is 298 g/mol. The van der Waals surface area contributed by atoms with Crippen LogP contribution in [0.15, 0.2) is 18.2 Å². The highest BCUT2D eigenvalue weighted by molar-refractivity contribution is 5.34. The Bertz CT molecular complexity index is 431. The van der Waals surface area contributed by atoms with Crippen molar-refractivity contribution in [1.29, 1.82) is 0 Å².